The lowest BCUT2D eigenvalue weighted by atomic mass is 10.1. The van der Waals surface area contributed by atoms with Gasteiger partial charge >= 0.3 is 12.3 Å². The van der Waals surface area contributed by atoms with E-state index in [9.17, 15) is 35.5 Å². The minimum absolute atomic E-state index is 0.0749. The molecule has 1 fully saturated rings. The van der Waals surface area contributed by atoms with Crippen molar-refractivity contribution in [3.63, 3.8) is 0 Å². The fraction of sp³-hybridized carbons (Fsp3) is 0.370. The number of alkyl halides is 7. The van der Waals surface area contributed by atoms with E-state index in [1.807, 2.05) is 5.32 Å². The molecule has 260 valence electrons. The Hall–Kier alpha value is -4.04. The Labute approximate surface area is 276 Å². The molecule has 0 saturated heterocycles. The van der Waals surface area contributed by atoms with Crippen LogP contribution in [0.1, 0.15) is 60.6 Å². The van der Waals surface area contributed by atoms with Crippen molar-refractivity contribution < 1.29 is 45.4 Å². The van der Waals surface area contributed by atoms with E-state index in [4.69, 9.17) is 44.5 Å². The molecule has 48 heavy (non-hydrogen) atoms. The number of nitrogens with two attached hydrogens (primary N) is 2. The van der Waals surface area contributed by atoms with Gasteiger partial charge in [-0.1, -0.05) is 35.3 Å². The van der Waals surface area contributed by atoms with Crippen molar-refractivity contribution in [2.24, 2.45) is 11.5 Å². The summed E-state index contributed by atoms with van der Waals surface area (Å²) < 4.78 is 96.8. The highest BCUT2D eigenvalue weighted by Crippen LogP contribution is 2.49. The maximum atomic E-state index is 13.0. The van der Waals surface area contributed by atoms with Crippen LogP contribution in [-0.4, -0.2) is 65.7 Å². The lowest BCUT2D eigenvalue weighted by molar-refractivity contribution is -0.164. The first-order chi connectivity index (χ1) is 22.6. The van der Waals surface area contributed by atoms with Crippen LogP contribution >= 0.6 is 23.2 Å². The zero-order valence-corrected chi connectivity index (χ0v) is 25.8. The van der Waals surface area contributed by atoms with Gasteiger partial charge in [0.15, 0.2) is 11.6 Å². The van der Waals surface area contributed by atoms with Gasteiger partial charge in [-0.15, -0.1) is 0 Å². The number of nitrogens with one attached hydrogen (secondary N) is 1. The second-order valence-corrected chi connectivity index (χ2v) is 11.1. The number of hydrogen-bond acceptors (Lipinski definition) is 9. The van der Waals surface area contributed by atoms with Crippen LogP contribution in [0.25, 0.3) is 11.4 Å². The standard InChI is InChI=1S/C16H15ClF5N5O2.C11H11ClF2N4O/c17-9-2-1-8(5-11(9)27-13(12(18)19)24-7-25-27)10(23)6-29-14(28)26-15(3-4-15)16(20,21)22;12-7-2-1-6(8(15)4-19)3-9(7)18-11(10(13)14)16-5-17-18/h1-2,5,7,10,12H,3-4,6,23H2,(H,26,28);1-3,5,8,10,19H,4,15H2/t10-;8-/m11/s1. The van der Waals surface area contributed by atoms with Crippen molar-refractivity contribution in [2.75, 3.05) is 13.2 Å². The topological polar surface area (TPSA) is 172 Å². The number of hydrogen-bond donors (Lipinski definition) is 4. The van der Waals surface area contributed by atoms with E-state index >= 15 is 0 Å². The number of ether oxygens (including phenoxy) is 1. The highest BCUT2D eigenvalue weighted by atomic mass is 35.5. The highest BCUT2D eigenvalue weighted by Gasteiger charge is 2.64. The highest BCUT2D eigenvalue weighted by molar-refractivity contribution is 6.32. The molecule has 0 radical (unpaired) electrons. The number of aliphatic hydroxyl groups excluding tert-OH is 1. The van der Waals surface area contributed by atoms with Gasteiger partial charge in [-0.25, -0.2) is 41.7 Å². The summed E-state index contributed by atoms with van der Waals surface area (Å²) in [6.07, 6.45) is -9.97. The van der Waals surface area contributed by atoms with E-state index in [0.717, 1.165) is 22.0 Å². The van der Waals surface area contributed by atoms with Crippen LogP contribution in [0, 0.1) is 0 Å². The molecular formula is C27H26Cl2F7N9O3. The van der Waals surface area contributed by atoms with E-state index in [0.29, 0.717) is 11.1 Å². The zero-order chi connectivity index (χ0) is 35.4. The summed E-state index contributed by atoms with van der Waals surface area (Å²) in [5, 5.41) is 18.6. The first-order valence-corrected chi connectivity index (χ1v) is 14.4. The van der Waals surface area contributed by atoms with Gasteiger partial charge < -0.3 is 26.6 Å². The number of carbonyl (C=O) groups excluding carboxylic acids is 1. The molecule has 2 atom stereocenters. The van der Waals surface area contributed by atoms with E-state index in [1.54, 1.807) is 6.07 Å². The molecule has 1 aliphatic rings. The van der Waals surface area contributed by atoms with Gasteiger partial charge in [-0.05, 0) is 48.2 Å². The van der Waals surface area contributed by atoms with E-state index < -0.39 is 61.0 Å². The van der Waals surface area contributed by atoms with Gasteiger partial charge in [-0.3, -0.25) is 0 Å². The molecule has 1 aliphatic carbocycles. The third-order valence-corrected chi connectivity index (χ3v) is 7.66. The first kappa shape index (κ1) is 36.8. The maximum Gasteiger partial charge on any atom is 0.411 e. The van der Waals surface area contributed by atoms with Gasteiger partial charge in [0.05, 0.1) is 40.1 Å². The van der Waals surface area contributed by atoms with E-state index in [1.165, 1.54) is 30.3 Å². The predicted octanol–water partition coefficient (Wildman–Crippen LogP) is 5.53. The van der Waals surface area contributed by atoms with Gasteiger partial charge in [0.1, 0.15) is 24.8 Å². The number of aliphatic hydroxyl groups is 1. The molecule has 0 unspecified atom stereocenters. The SMILES string of the molecule is N[C@H](CO)c1ccc(Cl)c(-n2ncnc2C(F)F)c1.N[C@H](COC(=O)NC1(C(F)(F)F)CC1)c1ccc(Cl)c(-n2ncnc2C(F)F)c1. The van der Waals surface area contributed by atoms with E-state index in [2.05, 4.69) is 20.2 Å². The van der Waals surface area contributed by atoms with Crippen molar-refractivity contribution in [3.8, 4) is 11.4 Å². The Morgan fingerprint density at radius 2 is 1.35 bits per heavy atom. The molecule has 0 spiro atoms. The van der Waals surface area contributed by atoms with Crippen molar-refractivity contribution in [1.82, 2.24) is 34.8 Å². The molecule has 12 nitrogen and oxygen atoms in total. The summed E-state index contributed by atoms with van der Waals surface area (Å²) in [5.41, 5.74) is 10.6. The molecule has 5 rings (SSSR count). The van der Waals surface area contributed by atoms with Crippen LogP contribution in [0.15, 0.2) is 49.1 Å². The van der Waals surface area contributed by atoms with Crippen molar-refractivity contribution in [1.29, 1.82) is 0 Å². The number of amides is 1. The van der Waals surface area contributed by atoms with Crippen LogP contribution < -0.4 is 16.8 Å². The molecule has 1 saturated carbocycles. The largest absolute Gasteiger partial charge is 0.448 e. The summed E-state index contributed by atoms with van der Waals surface area (Å²) in [7, 11) is 0. The number of benzene rings is 2. The Balaban J connectivity index is 0.000000237. The van der Waals surface area contributed by atoms with Crippen LogP contribution in [-0.2, 0) is 4.74 Å². The smallest absolute Gasteiger partial charge is 0.411 e. The number of nitrogens with zero attached hydrogens (tertiary/aromatic N) is 6. The third-order valence-electron chi connectivity index (χ3n) is 7.02. The number of halogens is 9. The molecule has 0 aliphatic heterocycles. The second kappa shape index (κ2) is 15.0. The second-order valence-electron chi connectivity index (χ2n) is 10.3. The molecular weight excluding hydrogens is 702 g/mol. The summed E-state index contributed by atoms with van der Waals surface area (Å²) in [6, 6.07) is 7.27. The summed E-state index contributed by atoms with van der Waals surface area (Å²) in [6.45, 7) is -0.708. The average Bonchev–Trinajstić information content (AvgIpc) is 3.42. The minimum atomic E-state index is -4.57. The fourth-order valence-electron chi connectivity index (χ4n) is 4.22. The Bertz CT molecular complexity index is 1720. The van der Waals surface area contributed by atoms with Gasteiger partial charge in [-0.2, -0.15) is 23.4 Å². The monoisotopic (exact) mass is 727 g/mol. The quantitative estimate of drug-likeness (QED) is 0.153. The zero-order valence-electron chi connectivity index (χ0n) is 24.3. The molecule has 2 heterocycles. The lowest BCUT2D eigenvalue weighted by Gasteiger charge is -2.21. The average molecular weight is 728 g/mol. The van der Waals surface area contributed by atoms with Crippen LogP contribution in [0.2, 0.25) is 10.0 Å². The summed E-state index contributed by atoms with van der Waals surface area (Å²) >= 11 is 12.0. The van der Waals surface area contributed by atoms with Crippen LogP contribution in [0.5, 0.6) is 0 Å². The lowest BCUT2D eigenvalue weighted by Crippen LogP contribution is -2.48. The third kappa shape index (κ3) is 8.32. The number of carbonyl (C=O) groups is 1. The molecule has 4 aromatic rings. The first-order valence-electron chi connectivity index (χ1n) is 13.7. The number of rotatable bonds is 10. The maximum absolute atomic E-state index is 13.0. The summed E-state index contributed by atoms with van der Waals surface area (Å²) in [5.74, 6) is -1.13. The predicted molar refractivity (Wildman–Crippen MR) is 156 cm³/mol. The van der Waals surface area contributed by atoms with Crippen molar-refractivity contribution in [3.05, 3.63) is 81.9 Å². The Morgan fingerprint density at radius 3 is 1.75 bits per heavy atom. The molecule has 2 aromatic carbocycles. The van der Waals surface area contributed by atoms with Gasteiger partial charge in [0.25, 0.3) is 12.9 Å². The normalized spacial score (nSPS) is 15.1. The molecule has 21 heteroatoms. The van der Waals surface area contributed by atoms with E-state index in [-0.39, 0.29) is 40.9 Å². The molecule has 6 N–H and O–H groups in total. The summed E-state index contributed by atoms with van der Waals surface area (Å²) in [4.78, 5) is 18.7. The molecule has 0 bridgehead atoms. The number of alkyl carbamates (subject to hydrolysis) is 1. The van der Waals surface area contributed by atoms with Gasteiger partial charge in [0.2, 0.25) is 0 Å². The minimum Gasteiger partial charge on any atom is -0.448 e. The van der Waals surface area contributed by atoms with Gasteiger partial charge in [0, 0.05) is 0 Å². The Kier molecular flexibility index (Phi) is 11.5. The van der Waals surface area contributed by atoms with Crippen LogP contribution in [0.4, 0.5) is 35.5 Å². The van der Waals surface area contributed by atoms with Crippen LogP contribution in [0.3, 0.4) is 0 Å². The molecule has 1 amide bonds. The Morgan fingerprint density at radius 1 is 0.896 bits per heavy atom. The molecule has 2 aromatic heterocycles. The fourth-order valence-corrected chi connectivity index (χ4v) is 4.61. The number of aromatic nitrogens is 6. The van der Waals surface area contributed by atoms with Crippen molar-refractivity contribution >= 4 is 29.3 Å². The van der Waals surface area contributed by atoms with Crippen molar-refractivity contribution in [2.45, 2.75) is 49.5 Å².